The topological polar surface area (TPSA) is 38.8 Å². The van der Waals surface area contributed by atoms with E-state index in [2.05, 4.69) is 0 Å². The third-order valence-electron chi connectivity index (χ3n) is 3.56. The molecule has 0 atom stereocenters. The van der Waals surface area contributed by atoms with Crippen molar-refractivity contribution in [1.29, 1.82) is 0 Å². The molecule has 0 unspecified atom stereocenters. The number of esters is 1. The van der Waals surface area contributed by atoms with E-state index in [4.69, 9.17) is 9.47 Å². The summed E-state index contributed by atoms with van der Waals surface area (Å²) in [4.78, 5) is 13.6. The molecule has 1 aliphatic rings. The molecule has 0 aromatic heterocycles. The lowest BCUT2D eigenvalue weighted by Gasteiger charge is -2.25. The Kier molecular flexibility index (Phi) is 3.64. The lowest BCUT2D eigenvalue weighted by molar-refractivity contribution is -0.146. The highest BCUT2D eigenvalue weighted by Gasteiger charge is 2.51. The first-order valence-corrected chi connectivity index (χ1v) is 6.15. The Labute approximate surface area is 112 Å². The highest BCUT2D eigenvalue weighted by molar-refractivity contribution is 5.80. The highest BCUT2D eigenvalue weighted by Crippen LogP contribution is 2.48. The van der Waals surface area contributed by atoms with Gasteiger partial charge in [0.1, 0.15) is 11.6 Å². The van der Waals surface area contributed by atoms with Gasteiger partial charge in [0.2, 0.25) is 0 Å². The van der Waals surface area contributed by atoms with Gasteiger partial charge in [-0.15, -0.1) is 0 Å². The number of hydrogen-bond donors (Lipinski definition) is 0. The fraction of sp³-hybridized carbons (Fsp3) is 0.500. The van der Waals surface area contributed by atoms with Crippen molar-refractivity contribution in [2.45, 2.75) is 12.8 Å². The van der Waals surface area contributed by atoms with Crippen LogP contribution in [-0.2, 0) is 9.53 Å². The van der Waals surface area contributed by atoms with Crippen LogP contribution in [-0.4, -0.2) is 33.8 Å². The monoisotopic (exact) mass is 267 g/mol. The minimum atomic E-state index is -0.444. The number of anilines is 1. The predicted octanol–water partition coefficient (Wildman–Crippen LogP) is 2.22. The quantitative estimate of drug-likeness (QED) is 0.767. The molecule has 1 aromatic carbocycles. The third kappa shape index (κ3) is 2.64. The van der Waals surface area contributed by atoms with Crippen LogP contribution >= 0.6 is 0 Å². The van der Waals surface area contributed by atoms with Crippen molar-refractivity contribution in [3.8, 4) is 5.75 Å². The van der Waals surface area contributed by atoms with Crippen LogP contribution in [0.2, 0.25) is 0 Å². The van der Waals surface area contributed by atoms with Gasteiger partial charge in [0.25, 0.3) is 0 Å². The van der Waals surface area contributed by atoms with Gasteiger partial charge in [0.15, 0.2) is 0 Å². The van der Waals surface area contributed by atoms with Crippen molar-refractivity contribution >= 4 is 11.7 Å². The van der Waals surface area contributed by atoms with Crippen molar-refractivity contribution in [3.05, 3.63) is 24.0 Å². The van der Waals surface area contributed by atoms with Gasteiger partial charge in [-0.1, -0.05) is 0 Å². The van der Waals surface area contributed by atoms with Crippen molar-refractivity contribution in [3.63, 3.8) is 0 Å². The zero-order valence-electron chi connectivity index (χ0n) is 11.4. The molecule has 5 heteroatoms. The maximum atomic E-state index is 13.3. The third-order valence-corrected chi connectivity index (χ3v) is 3.56. The van der Waals surface area contributed by atoms with Crippen LogP contribution in [0, 0.1) is 11.2 Å². The molecule has 0 saturated heterocycles. The van der Waals surface area contributed by atoms with Crippen LogP contribution in [0.3, 0.4) is 0 Å². The van der Waals surface area contributed by atoms with Gasteiger partial charge in [-0.3, -0.25) is 4.79 Å². The summed E-state index contributed by atoms with van der Waals surface area (Å²) in [5.41, 5.74) is 0.193. The molecule has 104 valence electrons. The first-order valence-electron chi connectivity index (χ1n) is 6.15. The first-order chi connectivity index (χ1) is 9.02. The molecule has 0 spiro atoms. The summed E-state index contributed by atoms with van der Waals surface area (Å²) >= 11 is 0. The summed E-state index contributed by atoms with van der Waals surface area (Å²) in [6, 6.07) is 4.34. The van der Waals surface area contributed by atoms with E-state index in [0.29, 0.717) is 18.0 Å². The Hall–Kier alpha value is -1.78. The number of methoxy groups -OCH3 is 2. The van der Waals surface area contributed by atoms with Crippen LogP contribution in [0.25, 0.3) is 0 Å². The van der Waals surface area contributed by atoms with Crippen LogP contribution in [0.5, 0.6) is 5.75 Å². The number of rotatable bonds is 5. The van der Waals surface area contributed by atoms with Crippen LogP contribution in [0.15, 0.2) is 18.2 Å². The average Bonchev–Trinajstić information content (AvgIpc) is 3.18. The number of nitrogens with zero attached hydrogens (tertiary/aromatic N) is 1. The zero-order valence-corrected chi connectivity index (χ0v) is 11.4. The number of carbonyl (C=O) groups excluding carboxylic acids is 1. The van der Waals surface area contributed by atoms with Gasteiger partial charge in [-0.25, -0.2) is 4.39 Å². The number of ether oxygens (including phenoxy) is 2. The summed E-state index contributed by atoms with van der Waals surface area (Å²) in [7, 11) is 4.75. The molecule has 0 aliphatic heterocycles. The summed E-state index contributed by atoms with van der Waals surface area (Å²) in [6.07, 6.45) is 1.61. The van der Waals surface area contributed by atoms with Crippen molar-refractivity contribution in [2.24, 2.45) is 5.41 Å². The molecule has 0 N–H and O–H groups in total. The van der Waals surface area contributed by atoms with Gasteiger partial charge in [0, 0.05) is 19.7 Å². The molecular weight excluding hydrogens is 249 g/mol. The standard InChI is InChI=1S/C14H18FNO3/c1-16(9-14(6-7-14)13(17)19-3)11-8-10(15)4-5-12(11)18-2/h4-5,8H,6-7,9H2,1-3H3. The molecule has 19 heavy (non-hydrogen) atoms. The van der Waals surface area contributed by atoms with Gasteiger partial charge >= 0.3 is 5.97 Å². The molecule has 0 bridgehead atoms. The first kappa shape index (κ1) is 13.6. The normalized spacial score (nSPS) is 15.8. The fourth-order valence-electron chi connectivity index (χ4n) is 2.29. The van der Waals surface area contributed by atoms with E-state index in [0.717, 1.165) is 12.8 Å². The van der Waals surface area contributed by atoms with Crippen LogP contribution in [0.1, 0.15) is 12.8 Å². The van der Waals surface area contributed by atoms with E-state index < -0.39 is 5.41 Å². The molecule has 0 amide bonds. The second-order valence-electron chi connectivity index (χ2n) is 4.94. The number of carbonyl (C=O) groups is 1. The largest absolute Gasteiger partial charge is 0.495 e. The minimum absolute atomic E-state index is 0.199. The van der Waals surface area contributed by atoms with Gasteiger partial charge in [-0.05, 0) is 25.0 Å². The second kappa shape index (κ2) is 5.07. The molecule has 1 saturated carbocycles. The van der Waals surface area contributed by atoms with E-state index in [9.17, 15) is 9.18 Å². The number of hydrogen-bond acceptors (Lipinski definition) is 4. The molecular formula is C14H18FNO3. The van der Waals surface area contributed by atoms with E-state index in [-0.39, 0.29) is 11.8 Å². The highest BCUT2D eigenvalue weighted by atomic mass is 19.1. The average molecular weight is 267 g/mol. The maximum absolute atomic E-state index is 13.3. The smallest absolute Gasteiger partial charge is 0.313 e. The molecule has 1 aliphatic carbocycles. The Morgan fingerprint density at radius 1 is 1.42 bits per heavy atom. The lowest BCUT2D eigenvalue weighted by Crippen LogP contribution is -2.32. The van der Waals surface area contributed by atoms with Crippen LogP contribution < -0.4 is 9.64 Å². The lowest BCUT2D eigenvalue weighted by atomic mass is 10.1. The summed E-state index contributed by atoms with van der Waals surface area (Å²) in [5, 5.41) is 0. The number of benzene rings is 1. The van der Waals surface area contributed by atoms with Crippen LogP contribution in [0.4, 0.5) is 10.1 Å². The van der Waals surface area contributed by atoms with Gasteiger partial charge in [-0.2, -0.15) is 0 Å². The summed E-state index contributed by atoms with van der Waals surface area (Å²) in [5.74, 6) is 0.0600. The van der Waals surface area contributed by atoms with Gasteiger partial charge in [0.05, 0.1) is 25.3 Å². The fourth-order valence-corrected chi connectivity index (χ4v) is 2.29. The number of halogens is 1. The van der Waals surface area contributed by atoms with Crippen molar-refractivity contribution < 1.29 is 18.7 Å². The van der Waals surface area contributed by atoms with E-state index in [1.165, 1.54) is 26.4 Å². The van der Waals surface area contributed by atoms with Crippen molar-refractivity contribution in [2.75, 3.05) is 32.7 Å². The Morgan fingerprint density at radius 2 is 2.11 bits per heavy atom. The SMILES string of the molecule is COC(=O)C1(CN(C)c2cc(F)ccc2OC)CC1. The molecule has 1 aromatic rings. The van der Waals surface area contributed by atoms with Crippen molar-refractivity contribution in [1.82, 2.24) is 0 Å². The minimum Gasteiger partial charge on any atom is -0.495 e. The van der Waals surface area contributed by atoms with E-state index in [1.807, 2.05) is 11.9 Å². The predicted molar refractivity (Wildman–Crippen MR) is 69.9 cm³/mol. The molecule has 1 fully saturated rings. The zero-order chi connectivity index (χ0) is 14.0. The Morgan fingerprint density at radius 3 is 2.63 bits per heavy atom. The summed E-state index contributed by atoms with van der Waals surface area (Å²) in [6.45, 7) is 0.499. The molecule has 0 radical (unpaired) electrons. The molecule has 2 rings (SSSR count). The molecule has 4 nitrogen and oxygen atoms in total. The van der Waals surface area contributed by atoms with E-state index in [1.54, 1.807) is 6.07 Å². The maximum Gasteiger partial charge on any atom is 0.313 e. The molecule has 0 heterocycles. The Balaban J connectivity index is 2.18. The van der Waals surface area contributed by atoms with E-state index >= 15 is 0 Å². The summed E-state index contributed by atoms with van der Waals surface area (Å²) < 4.78 is 23.4. The Bertz CT molecular complexity index is 486. The van der Waals surface area contributed by atoms with Gasteiger partial charge < -0.3 is 14.4 Å². The second-order valence-corrected chi connectivity index (χ2v) is 4.94.